The zero-order chi connectivity index (χ0) is 17.8. The van der Waals surface area contributed by atoms with Gasteiger partial charge in [0.05, 0.1) is 18.4 Å². The summed E-state index contributed by atoms with van der Waals surface area (Å²) in [5.41, 5.74) is 1.21. The highest BCUT2D eigenvalue weighted by atomic mass is 16.4. The van der Waals surface area contributed by atoms with Crippen molar-refractivity contribution in [2.45, 2.75) is 39.7 Å². The van der Waals surface area contributed by atoms with E-state index in [1.807, 2.05) is 25.7 Å². The molecular formula is C17H24N6O2. The summed E-state index contributed by atoms with van der Waals surface area (Å²) in [6.45, 7) is 9.56. The molecule has 0 atom stereocenters. The molecule has 0 spiro atoms. The molecule has 0 N–H and O–H groups in total. The summed E-state index contributed by atoms with van der Waals surface area (Å²) in [5.74, 6) is 1.47. The van der Waals surface area contributed by atoms with Gasteiger partial charge in [0.1, 0.15) is 5.69 Å². The van der Waals surface area contributed by atoms with Gasteiger partial charge in [-0.3, -0.25) is 14.7 Å². The van der Waals surface area contributed by atoms with E-state index in [9.17, 15) is 4.79 Å². The molecule has 1 aliphatic rings. The smallest absolute Gasteiger partial charge is 0.274 e. The average molecular weight is 344 g/mol. The quantitative estimate of drug-likeness (QED) is 0.833. The molecule has 0 aliphatic carbocycles. The van der Waals surface area contributed by atoms with Gasteiger partial charge in [0, 0.05) is 38.3 Å². The molecular weight excluding hydrogens is 320 g/mol. The maximum absolute atomic E-state index is 12.6. The molecule has 3 heterocycles. The van der Waals surface area contributed by atoms with Gasteiger partial charge in [-0.1, -0.05) is 13.8 Å². The van der Waals surface area contributed by atoms with Crippen LogP contribution in [-0.2, 0) is 6.54 Å². The Kier molecular flexibility index (Phi) is 5.37. The summed E-state index contributed by atoms with van der Waals surface area (Å²) < 4.78 is 5.68. The molecule has 0 unspecified atom stereocenters. The molecule has 0 bridgehead atoms. The van der Waals surface area contributed by atoms with Gasteiger partial charge < -0.3 is 9.32 Å². The Balaban J connectivity index is 1.58. The average Bonchev–Trinajstić information content (AvgIpc) is 2.94. The zero-order valence-electron chi connectivity index (χ0n) is 15.0. The summed E-state index contributed by atoms with van der Waals surface area (Å²) in [5, 5.41) is 8.19. The third kappa shape index (κ3) is 4.39. The van der Waals surface area contributed by atoms with Crippen molar-refractivity contribution in [3.63, 3.8) is 0 Å². The molecule has 8 heteroatoms. The zero-order valence-corrected chi connectivity index (χ0v) is 15.0. The summed E-state index contributed by atoms with van der Waals surface area (Å²) in [6.07, 6.45) is 4.07. The summed E-state index contributed by atoms with van der Waals surface area (Å²) in [7, 11) is 0. The normalized spacial score (nSPS) is 16.2. The van der Waals surface area contributed by atoms with Crippen LogP contribution < -0.4 is 0 Å². The molecule has 1 fully saturated rings. The minimum atomic E-state index is -0.0609. The van der Waals surface area contributed by atoms with Gasteiger partial charge in [0.15, 0.2) is 0 Å². The number of carbonyl (C=O) groups excluding carboxylic acids is 1. The second-order valence-corrected chi connectivity index (χ2v) is 6.65. The predicted molar refractivity (Wildman–Crippen MR) is 91.0 cm³/mol. The molecule has 8 nitrogen and oxygen atoms in total. The van der Waals surface area contributed by atoms with E-state index in [-0.39, 0.29) is 11.8 Å². The van der Waals surface area contributed by atoms with Crippen LogP contribution in [-0.4, -0.2) is 62.1 Å². The van der Waals surface area contributed by atoms with Crippen LogP contribution in [0.5, 0.6) is 0 Å². The first-order valence-corrected chi connectivity index (χ1v) is 8.65. The molecule has 25 heavy (non-hydrogen) atoms. The number of nitrogens with zero attached hydrogens (tertiary/aromatic N) is 6. The van der Waals surface area contributed by atoms with Crippen LogP contribution in [0.4, 0.5) is 0 Å². The fraction of sp³-hybridized carbons (Fsp3) is 0.588. The van der Waals surface area contributed by atoms with Crippen LogP contribution in [0.3, 0.4) is 0 Å². The van der Waals surface area contributed by atoms with Crippen LogP contribution in [0, 0.1) is 6.92 Å². The van der Waals surface area contributed by atoms with Gasteiger partial charge in [-0.15, -0.1) is 10.2 Å². The lowest BCUT2D eigenvalue weighted by molar-refractivity contribution is 0.0754. The van der Waals surface area contributed by atoms with E-state index < -0.39 is 0 Å². The Morgan fingerprint density at radius 3 is 2.68 bits per heavy atom. The van der Waals surface area contributed by atoms with E-state index in [0.717, 1.165) is 25.2 Å². The van der Waals surface area contributed by atoms with Crippen molar-refractivity contribution in [1.82, 2.24) is 30.0 Å². The molecule has 134 valence electrons. The van der Waals surface area contributed by atoms with Crippen LogP contribution in [0.15, 0.2) is 16.8 Å². The van der Waals surface area contributed by atoms with Gasteiger partial charge in [0.2, 0.25) is 11.8 Å². The van der Waals surface area contributed by atoms with E-state index in [2.05, 4.69) is 25.1 Å². The second kappa shape index (κ2) is 7.69. The monoisotopic (exact) mass is 344 g/mol. The van der Waals surface area contributed by atoms with Gasteiger partial charge in [-0.05, 0) is 13.3 Å². The van der Waals surface area contributed by atoms with Gasteiger partial charge >= 0.3 is 0 Å². The standard InChI is InChI=1S/C17H24N6O2/c1-12(2)16-21-20-15(25-16)11-22-5-4-6-23(8-7-22)17(24)14-10-18-13(3)9-19-14/h9-10,12H,4-8,11H2,1-3H3. The van der Waals surface area contributed by atoms with E-state index in [1.54, 1.807) is 12.4 Å². The molecule has 1 amide bonds. The van der Waals surface area contributed by atoms with Crippen molar-refractivity contribution in [3.05, 3.63) is 35.6 Å². The first-order valence-electron chi connectivity index (χ1n) is 8.65. The SMILES string of the molecule is Cc1cnc(C(=O)N2CCCN(Cc3nnc(C(C)C)o3)CC2)cn1. The van der Waals surface area contributed by atoms with Crippen LogP contribution >= 0.6 is 0 Å². The summed E-state index contributed by atoms with van der Waals surface area (Å²) >= 11 is 0. The van der Waals surface area contributed by atoms with Crippen molar-refractivity contribution in [2.24, 2.45) is 0 Å². The first kappa shape index (κ1) is 17.5. The highest BCUT2D eigenvalue weighted by Crippen LogP contribution is 2.14. The highest BCUT2D eigenvalue weighted by Gasteiger charge is 2.22. The Bertz CT molecular complexity index is 712. The van der Waals surface area contributed by atoms with Gasteiger partial charge in [-0.25, -0.2) is 4.98 Å². The van der Waals surface area contributed by atoms with Crippen molar-refractivity contribution < 1.29 is 9.21 Å². The fourth-order valence-corrected chi connectivity index (χ4v) is 2.75. The predicted octanol–water partition coefficient (Wildman–Crippen LogP) is 1.64. The number of aromatic nitrogens is 4. The lowest BCUT2D eigenvalue weighted by Gasteiger charge is -2.20. The number of amides is 1. The fourth-order valence-electron chi connectivity index (χ4n) is 2.75. The molecule has 3 rings (SSSR count). The Morgan fingerprint density at radius 2 is 2.00 bits per heavy atom. The Morgan fingerprint density at radius 1 is 1.16 bits per heavy atom. The summed E-state index contributed by atoms with van der Waals surface area (Å²) in [6, 6.07) is 0. The molecule has 2 aromatic heterocycles. The van der Waals surface area contributed by atoms with Crippen molar-refractivity contribution in [2.75, 3.05) is 26.2 Å². The molecule has 1 aliphatic heterocycles. The second-order valence-electron chi connectivity index (χ2n) is 6.65. The van der Waals surface area contributed by atoms with E-state index in [1.165, 1.54) is 0 Å². The molecule has 0 aromatic carbocycles. The molecule has 2 aromatic rings. The third-order valence-electron chi connectivity index (χ3n) is 4.21. The number of aryl methyl sites for hydroxylation is 1. The maximum Gasteiger partial charge on any atom is 0.274 e. The minimum absolute atomic E-state index is 0.0609. The molecule has 0 radical (unpaired) electrons. The van der Waals surface area contributed by atoms with Crippen molar-refractivity contribution >= 4 is 5.91 Å². The van der Waals surface area contributed by atoms with Crippen molar-refractivity contribution in [1.29, 1.82) is 0 Å². The van der Waals surface area contributed by atoms with Crippen LogP contribution in [0.2, 0.25) is 0 Å². The number of hydrogen-bond donors (Lipinski definition) is 0. The number of rotatable bonds is 4. The topological polar surface area (TPSA) is 88.3 Å². The molecule has 0 saturated carbocycles. The van der Waals surface area contributed by atoms with Crippen LogP contribution in [0.1, 0.15) is 54.2 Å². The Hall–Kier alpha value is -2.35. The van der Waals surface area contributed by atoms with E-state index in [4.69, 9.17) is 4.42 Å². The largest absolute Gasteiger partial charge is 0.424 e. The minimum Gasteiger partial charge on any atom is -0.424 e. The maximum atomic E-state index is 12.6. The molecule has 1 saturated heterocycles. The third-order valence-corrected chi connectivity index (χ3v) is 4.21. The van der Waals surface area contributed by atoms with Gasteiger partial charge in [-0.2, -0.15) is 0 Å². The summed E-state index contributed by atoms with van der Waals surface area (Å²) in [4.78, 5) is 25.0. The van der Waals surface area contributed by atoms with Crippen molar-refractivity contribution in [3.8, 4) is 0 Å². The highest BCUT2D eigenvalue weighted by molar-refractivity contribution is 5.92. The Labute approximate surface area is 147 Å². The lowest BCUT2D eigenvalue weighted by Crippen LogP contribution is -2.35. The van der Waals surface area contributed by atoms with Crippen LogP contribution in [0.25, 0.3) is 0 Å². The lowest BCUT2D eigenvalue weighted by atomic mass is 10.2. The van der Waals surface area contributed by atoms with E-state index in [0.29, 0.717) is 37.1 Å². The first-order chi connectivity index (χ1) is 12.0. The number of carbonyl (C=O) groups is 1. The van der Waals surface area contributed by atoms with Gasteiger partial charge in [0.25, 0.3) is 5.91 Å². The van der Waals surface area contributed by atoms with E-state index >= 15 is 0 Å². The number of hydrogen-bond acceptors (Lipinski definition) is 7.